The Labute approximate surface area is 186 Å². The molecule has 1 amide bonds. The molecule has 0 bridgehead atoms. The highest BCUT2D eigenvalue weighted by Gasteiger charge is 2.18. The van der Waals surface area contributed by atoms with Crippen LogP contribution in [0.4, 0.5) is 0 Å². The number of hydrogen-bond acceptors (Lipinski definition) is 5. The molecule has 0 spiro atoms. The summed E-state index contributed by atoms with van der Waals surface area (Å²) in [6.07, 6.45) is -0.266. The third kappa shape index (κ3) is 5.77. The normalized spacial score (nSPS) is 11.9. The minimum absolute atomic E-state index is 0.0704. The molecule has 30 heavy (non-hydrogen) atoms. The first-order chi connectivity index (χ1) is 14.3. The number of ether oxygens (including phenoxy) is 1. The Bertz CT molecular complexity index is 1020. The summed E-state index contributed by atoms with van der Waals surface area (Å²) in [7, 11) is 1.88. The van der Waals surface area contributed by atoms with Crippen molar-refractivity contribution in [3.63, 3.8) is 0 Å². The maximum Gasteiger partial charge on any atom is 0.230 e. The van der Waals surface area contributed by atoms with Crippen molar-refractivity contribution in [2.75, 3.05) is 5.75 Å². The van der Waals surface area contributed by atoms with E-state index in [0.29, 0.717) is 22.5 Å². The third-order valence-corrected chi connectivity index (χ3v) is 6.03. The van der Waals surface area contributed by atoms with E-state index in [-0.39, 0.29) is 17.8 Å². The average molecular weight is 445 g/mol. The number of thioether (sulfide) groups is 1. The molecule has 6 nitrogen and oxygen atoms in total. The van der Waals surface area contributed by atoms with E-state index in [2.05, 4.69) is 29.4 Å². The summed E-state index contributed by atoms with van der Waals surface area (Å²) in [5, 5.41) is 12.7. The first-order valence-electron chi connectivity index (χ1n) is 9.60. The van der Waals surface area contributed by atoms with Gasteiger partial charge in [0.2, 0.25) is 5.91 Å². The number of aryl methyl sites for hydroxylation is 2. The van der Waals surface area contributed by atoms with Crippen LogP contribution in [0.25, 0.3) is 0 Å². The van der Waals surface area contributed by atoms with Crippen LogP contribution in [0, 0.1) is 13.8 Å². The fourth-order valence-corrected chi connectivity index (χ4v) is 3.71. The number of rotatable bonds is 8. The lowest BCUT2D eigenvalue weighted by molar-refractivity contribution is -0.118. The standard InChI is InChI=1S/C22H25ClN4O2S/c1-14-5-10-19(11-15(14)2)29-16(3)21-25-26-22(27(21)4)30-13-20(28)24-12-17-6-8-18(23)9-7-17/h5-11,16H,12-13H2,1-4H3,(H,24,28). The molecule has 8 heteroatoms. The Balaban J connectivity index is 1.53. The van der Waals surface area contributed by atoms with E-state index < -0.39 is 0 Å². The maximum atomic E-state index is 12.2. The van der Waals surface area contributed by atoms with Crippen LogP contribution >= 0.6 is 23.4 Å². The Morgan fingerprint density at radius 3 is 2.60 bits per heavy atom. The zero-order chi connectivity index (χ0) is 21.7. The molecule has 158 valence electrons. The van der Waals surface area contributed by atoms with E-state index in [4.69, 9.17) is 16.3 Å². The second kappa shape index (κ2) is 10.00. The third-order valence-electron chi connectivity index (χ3n) is 4.76. The zero-order valence-corrected chi connectivity index (χ0v) is 19.0. The van der Waals surface area contributed by atoms with Gasteiger partial charge in [0.05, 0.1) is 5.75 Å². The molecule has 3 aromatic rings. The quantitative estimate of drug-likeness (QED) is 0.513. The fourth-order valence-electron chi connectivity index (χ4n) is 2.83. The topological polar surface area (TPSA) is 69.0 Å². The van der Waals surface area contributed by atoms with Crippen LogP contribution in [0.3, 0.4) is 0 Å². The molecule has 1 aromatic heterocycles. The molecule has 2 aromatic carbocycles. The monoisotopic (exact) mass is 444 g/mol. The van der Waals surface area contributed by atoms with Crippen LogP contribution in [0.2, 0.25) is 5.02 Å². The summed E-state index contributed by atoms with van der Waals surface area (Å²) >= 11 is 7.22. The van der Waals surface area contributed by atoms with E-state index in [1.807, 2.05) is 48.9 Å². The summed E-state index contributed by atoms with van der Waals surface area (Å²) in [5.41, 5.74) is 3.40. The van der Waals surface area contributed by atoms with Gasteiger partial charge < -0.3 is 14.6 Å². The lowest BCUT2D eigenvalue weighted by atomic mass is 10.1. The summed E-state index contributed by atoms with van der Waals surface area (Å²) in [5.74, 6) is 1.69. The van der Waals surface area contributed by atoms with Crippen LogP contribution in [-0.4, -0.2) is 26.4 Å². The lowest BCUT2D eigenvalue weighted by Gasteiger charge is -2.15. The number of hydrogen-bond donors (Lipinski definition) is 1. The fraction of sp³-hybridized carbons (Fsp3) is 0.318. The lowest BCUT2D eigenvalue weighted by Crippen LogP contribution is -2.24. The Kier molecular flexibility index (Phi) is 7.39. The number of aromatic nitrogens is 3. The summed E-state index contributed by atoms with van der Waals surface area (Å²) in [6, 6.07) is 13.4. The van der Waals surface area contributed by atoms with Crippen molar-refractivity contribution in [2.24, 2.45) is 7.05 Å². The number of carbonyl (C=O) groups is 1. The van der Waals surface area contributed by atoms with Gasteiger partial charge >= 0.3 is 0 Å². The number of carbonyl (C=O) groups excluding carboxylic acids is 1. The Morgan fingerprint density at radius 2 is 1.90 bits per heavy atom. The van der Waals surface area contributed by atoms with E-state index in [1.54, 1.807) is 12.1 Å². The van der Waals surface area contributed by atoms with Crippen molar-refractivity contribution < 1.29 is 9.53 Å². The molecule has 1 unspecified atom stereocenters. The maximum absolute atomic E-state index is 12.2. The van der Waals surface area contributed by atoms with Crippen LogP contribution < -0.4 is 10.1 Å². The van der Waals surface area contributed by atoms with Gasteiger partial charge in [-0.3, -0.25) is 4.79 Å². The molecule has 1 atom stereocenters. The first-order valence-corrected chi connectivity index (χ1v) is 11.0. The summed E-state index contributed by atoms with van der Waals surface area (Å²) in [6.45, 7) is 6.52. The molecule has 0 radical (unpaired) electrons. The second-order valence-electron chi connectivity index (χ2n) is 7.10. The molecule has 0 aliphatic heterocycles. The number of benzene rings is 2. The van der Waals surface area contributed by atoms with Gasteiger partial charge in [-0.25, -0.2) is 0 Å². The largest absolute Gasteiger partial charge is 0.483 e. The van der Waals surface area contributed by atoms with Gasteiger partial charge in [0.25, 0.3) is 0 Å². The van der Waals surface area contributed by atoms with E-state index in [9.17, 15) is 4.79 Å². The highest BCUT2D eigenvalue weighted by molar-refractivity contribution is 7.99. The van der Waals surface area contributed by atoms with Crippen molar-refractivity contribution in [3.05, 3.63) is 70.0 Å². The number of halogens is 1. The summed E-state index contributed by atoms with van der Waals surface area (Å²) < 4.78 is 7.89. The van der Waals surface area contributed by atoms with Crippen LogP contribution in [0.15, 0.2) is 47.6 Å². The van der Waals surface area contributed by atoms with Crippen LogP contribution in [-0.2, 0) is 18.4 Å². The first kappa shape index (κ1) is 22.2. The van der Waals surface area contributed by atoms with Crippen LogP contribution in [0.1, 0.15) is 35.5 Å². The highest BCUT2D eigenvalue weighted by Crippen LogP contribution is 2.25. The van der Waals surface area contributed by atoms with Gasteiger partial charge in [0, 0.05) is 18.6 Å². The number of amides is 1. The van der Waals surface area contributed by atoms with Gasteiger partial charge in [-0.1, -0.05) is 41.6 Å². The minimum Gasteiger partial charge on any atom is -0.483 e. The molecule has 0 saturated carbocycles. The molecule has 0 aliphatic rings. The average Bonchev–Trinajstić information content (AvgIpc) is 3.09. The molecule has 3 rings (SSSR count). The predicted molar refractivity (Wildman–Crippen MR) is 120 cm³/mol. The SMILES string of the molecule is Cc1ccc(OC(C)c2nnc(SCC(=O)NCc3ccc(Cl)cc3)n2C)cc1C. The van der Waals surface area contributed by atoms with E-state index in [1.165, 1.54) is 22.9 Å². The molecular weight excluding hydrogens is 420 g/mol. The van der Waals surface area contributed by atoms with Crippen molar-refractivity contribution in [1.29, 1.82) is 0 Å². The van der Waals surface area contributed by atoms with Crippen molar-refractivity contribution in [3.8, 4) is 5.75 Å². The van der Waals surface area contributed by atoms with Gasteiger partial charge in [0.1, 0.15) is 5.75 Å². The molecule has 1 N–H and O–H groups in total. The second-order valence-corrected chi connectivity index (χ2v) is 8.48. The van der Waals surface area contributed by atoms with Crippen molar-refractivity contribution >= 4 is 29.3 Å². The van der Waals surface area contributed by atoms with Gasteiger partial charge in [0.15, 0.2) is 17.1 Å². The van der Waals surface area contributed by atoms with Gasteiger partial charge in [-0.15, -0.1) is 10.2 Å². The number of nitrogens with zero attached hydrogens (tertiary/aromatic N) is 3. The molecule has 0 saturated heterocycles. The van der Waals surface area contributed by atoms with Gasteiger partial charge in [-0.05, 0) is 61.7 Å². The van der Waals surface area contributed by atoms with Crippen LogP contribution in [0.5, 0.6) is 5.75 Å². The Morgan fingerprint density at radius 1 is 1.17 bits per heavy atom. The molecule has 0 fully saturated rings. The molecule has 1 heterocycles. The zero-order valence-electron chi connectivity index (χ0n) is 17.5. The molecular formula is C22H25ClN4O2S. The van der Waals surface area contributed by atoms with E-state index in [0.717, 1.165) is 11.3 Å². The van der Waals surface area contributed by atoms with Crippen molar-refractivity contribution in [1.82, 2.24) is 20.1 Å². The summed E-state index contributed by atoms with van der Waals surface area (Å²) in [4.78, 5) is 12.2. The molecule has 0 aliphatic carbocycles. The van der Waals surface area contributed by atoms with E-state index >= 15 is 0 Å². The predicted octanol–water partition coefficient (Wildman–Crippen LogP) is 4.63. The smallest absolute Gasteiger partial charge is 0.230 e. The number of nitrogens with one attached hydrogen (secondary N) is 1. The highest BCUT2D eigenvalue weighted by atomic mass is 35.5. The minimum atomic E-state index is -0.266. The van der Waals surface area contributed by atoms with Gasteiger partial charge in [-0.2, -0.15) is 0 Å². The van der Waals surface area contributed by atoms with Crippen molar-refractivity contribution in [2.45, 2.75) is 38.6 Å². The Hall–Kier alpha value is -2.51.